The highest BCUT2D eigenvalue weighted by Gasteiger charge is 2.26. The zero-order chi connectivity index (χ0) is 14.0. The van der Waals surface area contributed by atoms with Gasteiger partial charge in [-0.15, -0.1) is 0 Å². The van der Waals surface area contributed by atoms with Crippen molar-refractivity contribution in [2.75, 3.05) is 5.32 Å². The number of nitrogens with one attached hydrogen (secondary N) is 1. The molecule has 1 atom stereocenters. The van der Waals surface area contributed by atoms with E-state index in [1.807, 2.05) is 6.92 Å². The SMILES string of the molecule is CC(Nc1cc(C(N)=O)ccc1[N+](=O)[O-])C1CCC1. The third-order valence-corrected chi connectivity index (χ3v) is 3.72. The van der Waals surface area contributed by atoms with Crippen molar-refractivity contribution in [1.82, 2.24) is 0 Å². The van der Waals surface area contributed by atoms with Crippen molar-refractivity contribution in [2.24, 2.45) is 11.7 Å². The molecule has 19 heavy (non-hydrogen) atoms. The molecule has 1 aromatic rings. The molecule has 0 radical (unpaired) electrons. The van der Waals surface area contributed by atoms with Gasteiger partial charge in [-0.05, 0) is 37.8 Å². The summed E-state index contributed by atoms with van der Waals surface area (Å²) in [4.78, 5) is 21.7. The first-order valence-corrected chi connectivity index (χ1v) is 6.34. The Morgan fingerprint density at radius 2 is 2.21 bits per heavy atom. The zero-order valence-corrected chi connectivity index (χ0v) is 10.8. The Bertz CT molecular complexity index is 512. The zero-order valence-electron chi connectivity index (χ0n) is 10.8. The van der Waals surface area contributed by atoms with Crippen molar-refractivity contribution in [3.8, 4) is 0 Å². The average Bonchev–Trinajstić information content (AvgIpc) is 2.25. The molecule has 0 heterocycles. The predicted molar refractivity (Wildman–Crippen MR) is 72.0 cm³/mol. The van der Waals surface area contributed by atoms with Gasteiger partial charge in [0.2, 0.25) is 5.91 Å². The highest BCUT2D eigenvalue weighted by molar-refractivity contribution is 5.94. The molecule has 1 aliphatic carbocycles. The van der Waals surface area contributed by atoms with E-state index in [4.69, 9.17) is 5.73 Å². The summed E-state index contributed by atoms with van der Waals surface area (Å²) in [6.07, 6.45) is 3.48. The Labute approximate surface area is 111 Å². The van der Waals surface area contributed by atoms with Crippen LogP contribution in [0.25, 0.3) is 0 Å². The monoisotopic (exact) mass is 263 g/mol. The van der Waals surface area contributed by atoms with Crippen molar-refractivity contribution < 1.29 is 9.72 Å². The predicted octanol–water partition coefficient (Wildman–Crippen LogP) is 2.29. The molecule has 6 nitrogen and oxygen atoms in total. The number of nitro benzene ring substituents is 1. The quantitative estimate of drug-likeness (QED) is 0.629. The molecule has 102 valence electrons. The van der Waals surface area contributed by atoms with Gasteiger partial charge in [-0.1, -0.05) is 6.42 Å². The standard InChI is InChI=1S/C13H17N3O3/c1-8(9-3-2-4-9)15-11-7-10(13(14)17)5-6-12(11)16(18)19/h5-9,15H,2-4H2,1H3,(H2,14,17). The van der Waals surface area contributed by atoms with Crippen LogP contribution in [0.1, 0.15) is 36.5 Å². The Morgan fingerprint density at radius 1 is 1.53 bits per heavy atom. The topological polar surface area (TPSA) is 98.3 Å². The fourth-order valence-corrected chi connectivity index (χ4v) is 2.27. The summed E-state index contributed by atoms with van der Waals surface area (Å²) < 4.78 is 0. The van der Waals surface area contributed by atoms with Gasteiger partial charge < -0.3 is 11.1 Å². The molecule has 1 saturated carbocycles. The van der Waals surface area contributed by atoms with Crippen LogP contribution in [0.15, 0.2) is 18.2 Å². The van der Waals surface area contributed by atoms with Crippen LogP contribution in [0, 0.1) is 16.0 Å². The molecule has 1 fully saturated rings. The molecule has 0 aliphatic heterocycles. The maximum Gasteiger partial charge on any atom is 0.292 e. The molecule has 0 aromatic heterocycles. The van der Waals surface area contributed by atoms with E-state index in [2.05, 4.69) is 5.32 Å². The summed E-state index contributed by atoms with van der Waals surface area (Å²) >= 11 is 0. The summed E-state index contributed by atoms with van der Waals surface area (Å²) in [5.41, 5.74) is 5.80. The maximum atomic E-state index is 11.1. The van der Waals surface area contributed by atoms with Crippen molar-refractivity contribution in [2.45, 2.75) is 32.2 Å². The minimum absolute atomic E-state index is 0.0313. The Morgan fingerprint density at radius 3 is 2.68 bits per heavy atom. The molecule has 1 aromatic carbocycles. The lowest BCUT2D eigenvalue weighted by Gasteiger charge is -2.32. The number of primary amides is 1. The van der Waals surface area contributed by atoms with Gasteiger partial charge in [0.1, 0.15) is 5.69 Å². The number of nitro groups is 1. The number of anilines is 1. The highest BCUT2D eigenvalue weighted by Crippen LogP contribution is 2.33. The lowest BCUT2D eigenvalue weighted by atomic mass is 9.80. The number of benzene rings is 1. The van der Waals surface area contributed by atoms with E-state index in [9.17, 15) is 14.9 Å². The number of nitrogens with zero attached hydrogens (tertiary/aromatic N) is 1. The van der Waals surface area contributed by atoms with Gasteiger partial charge in [0.05, 0.1) is 4.92 Å². The molecular weight excluding hydrogens is 246 g/mol. The van der Waals surface area contributed by atoms with Gasteiger partial charge in [0, 0.05) is 17.7 Å². The van der Waals surface area contributed by atoms with Crippen molar-refractivity contribution >= 4 is 17.3 Å². The fourth-order valence-electron chi connectivity index (χ4n) is 2.27. The van der Waals surface area contributed by atoms with E-state index in [1.165, 1.54) is 24.6 Å². The van der Waals surface area contributed by atoms with Gasteiger partial charge in [0.15, 0.2) is 0 Å². The van der Waals surface area contributed by atoms with Crippen LogP contribution >= 0.6 is 0 Å². The smallest absolute Gasteiger partial charge is 0.292 e. The number of rotatable bonds is 5. The summed E-state index contributed by atoms with van der Waals surface area (Å²) in [6.45, 7) is 2.00. The number of carbonyl (C=O) groups is 1. The number of hydrogen-bond acceptors (Lipinski definition) is 4. The van der Waals surface area contributed by atoms with Gasteiger partial charge in [-0.3, -0.25) is 14.9 Å². The Balaban J connectivity index is 2.26. The molecule has 1 aliphatic rings. The van der Waals surface area contributed by atoms with Gasteiger partial charge in [0.25, 0.3) is 5.69 Å². The van der Waals surface area contributed by atoms with Gasteiger partial charge >= 0.3 is 0 Å². The lowest BCUT2D eigenvalue weighted by molar-refractivity contribution is -0.384. The first-order valence-electron chi connectivity index (χ1n) is 6.34. The lowest BCUT2D eigenvalue weighted by Crippen LogP contribution is -2.31. The average molecular weight is 263 g/mol. The van der Waals surface area contributed by atoms with Crippen LogP contribution in [0.5, 0.6) is 0 Å². The van der Waals surface area contributed by atoms with E-state index in [1.54, 1.807) is 0 Å². The van der Waals surface area contributed by atoms with Gasteiger partial charge in [-0.2, -0.15) is 0 Å². The van der Waals surface area contributed by atoms with Crippen LogP contribution in [0.2, 0.25) is 0 Å². The van der Waals surface area contributed by atoms with Crippen LogP contribution in [-0.4, -0.2) is 16.9 Å². The molecule has 6 heteroatoms. The van der Waals surface area contributed by atoms with Gasteiger partial charge in [-0.25, -0.2) is 0 Å². The van der Waals surface area contributed by atoms with Crippen LogP contribution in [0.3, 0.4) is 0 Å². The molecule has 0 spiro atoms. The number of amides is 1. The first kappa shape index (κ1) is 13.3. The second kappa shape index (κ2) is 5.26. The second-order valence-electron chi connectivity index (χ2n) is 4.98. The van der Waals surface area contributed by atoms with E-state index in [0.29, 0.717) is 11.6 Å². The van der Waals surface area contributed by atoms with Crippen LogP contribution in [0.4, 0.5) is 11.4 Å². The summed E-state index contributed by atoms with van der Waals surface area (Å²) in [7, 11) is 0. The Hall–Kier alpha value is -2.11. The van der Waals surface area contributed by atoms with Crippen LogP contribution in [-0.2, 0) is 0 Å². The molecular formula is C13H17N3O3. The van der Waals surface area contributed by atoms with Crippen molar-refractivity contribution in [3.63, 3.8) is 0 Å². The minimum atomic E-state index is -0.589. The molecule has 1 unspecified atom stereocenters. The number of hydrogen-bond donors (Lipinski definition) is 2. The number of nitrogens with two attached hydrogens (primary N) is 1. The van der Waals surface area contributed by atoms with E-state index in [0.717, 1.165) is 12.8 Å². The van der Waals surface area contributed by atoms with Crippen molar-refractivity contribution in [3.05, 3.63) is 33.9 Å². The Kier molecular flexibility index (Phi) is 3.69. The second-order valence-corrected chi connectivity index (χ2v) is 4.98. The first-order chi connectivity index (χ1) is 8.99. The number of carbonyl (C=O) groups excluding carboxylic acids is 1. The summed E-state index contributed by atoms with van der Waals surface area (Å²) in [5, 5.41) is 14.1. The van der Waals surface area contributed by atoms with Crippen LogP contribution < -0.4 is 11.1 Å². The fraction of sp³-hybridized carbons (Fsp3) is 0.462. The molecule has 0 saturated heterocycles. The van der Waals surface area contributed by atoms with E-state index >= 15 is 0 Å². The maximum absolute atomic E-state index is 11.1. The molecule has 1 amide bonds. The van der Waals surface area contributed by atoms with Crippen molar-refractivity contribution in [1.29, 1.82) is 0 Å². The minimum Gasteiger partial charge on any atom is -0.377 e. The third-order valence-electron chi connectivity index (χ3n) is 3.72. The molecule has 0 bridgehead atoms. The normalized spacial score (nSPS) is 16.5. The summed E-state index contributed by atoms with van der Waals surface area (Å²) in [5.74, 6) is -0.0499. The highest BCUT2D eigenvalue weighted by atomic mass is 16.6. The van der Waals surface area contributed by atoms with E-state index < -0.39 is 10.8 Å². The third kappa shape index (κ3) is 2.83. The molecule has 3 N–H and O–H groups in total. The van der Waals surface area contributed by atoms with E-state index in [-0.39, 0.29) is 17.3 Å². The summed E-state index contributed by atoms with van der Waals surface area (Å²) in [6, 6.07) is 4.29. The molecule has 2 rings (SSSR count). The largest absolute Gasteiger partial charge is 0.377 e.